The van der Waals surface area contributed by atoms with Crippen LogP contribution in [0.3, 0.4) is 0 Å². The van der Waals surface area contributed by atoms with Crippen LogP contribution in [0.15, 0.2) is 0 Å². The van der Waals surface area contributed by atoms with Gasteiger partial charge in [-0.1, -0.05) is 33.6 Å². The summed E-state index contributed by atoms with van der Waals surface area (Å²) in [5.41, 5.74) is 0. The summed E-state index contributed by atoms with van der Waals surface area (Å²) in [6, 6.07) is 0. The summed E-state index contributed by atoms with van der Waals surface area (Å²) in [6.07, 6.45) is 6.89. The zero-order chi connectivity index (χ0) is 12.8. The van der Waals surface area contributed by atoms with Gasteiger partial charge in [-0.25, -0.2) is 0 Å². The van der Waals surface area contributed by atoms with Gasteiger partial charge in [0, 0.05) is 25.7 Å². The zero-order valence-corrected chi connectivity index (χ0v) is 11.5. The molecule has 2 fully saturated rings. The van der Waals surface area contributed by atoms with Crippen LogP contribution in [-0.4, -0.2) is 11.6 Å². The number of hydrogen-bond acceptors (Lipinski definition) is 2. The highest BCUT2D eigenvalue weighted by Gasteiger charge is 2.27. The van der Waals surface area contributed by atoms with E-state index in [1.54, 1.807) is 0 Å². The van der Waals surface area contributed by atoms with Crippen molar-refractivity contribution >= 4 is 11.6 Å². The first kappa shape index (κ1) is 14.4. The predicted molar refractivity (Wildman–Crippen MR) is 69.8 cm³/mol. The number of carbonyl (C=O) groups is 2. The van der Waals surface area contributed by atoms with Gasteiger partial charge in [0.1, 0.15) is 11.6 Å². The highest BCUT2D eigenvalue weighted by molar-refractivity contribution is 5.81. The minimum Gasteiger partial charge on any atom is -0.300 e. The third kappa shape index (κ3) is 4.61. The van der Waals surface area contributed by atoms with Crippen molar-refractivity contribution in [2.75, 3.05) is 0 Å². The Morgan fingerprint density at radius 1 is 1.00 bits per heavy atom. The van der Waals surface area contributed by atoms with Crippen LogP contribution >= 0.6 is 0 Å². The number of carbonyl (C=O) groups excluding carboxylic acids is 2. The van der Waals surface area contributed by atoms with Crippen LogP contribution < -0.4 is 0 Å². The molecule has 0 aromatic heterocycles. The number of rotatable bonds is 2. The van der Waals surface area contributed by atoms with Gasteiger partial charge in [0.2, 0.25) is 0 Å². The Kier molecular flexibility index (Phi) is 5.87. The Morgan fingerprint density at radius 2 is 1.71 bits per heavy atom. The Morgan fingerprint density at radius 3 is 1.94 bits per heavy atom. The lowest BCUT2D eigenvalue weighted by Gasteiger charge is -2.08. The van der Waals surface area contributed by atoms with Crippen LogP contribution in [0.1, 0.15) is 65.7 Å². The smallest absolute Gasteiger partial charge is 0.133 e. The molecule has 2 aliphatic carbocycles. The number of ketones is 2. The van der Waals surface area contributed by atoms with Crippen LogP contribution in [0.5, 0.6) is 0 Å². The van der Waals surface area contributed by atoms with E-state index in [0.29, 0.717) is 23.4 Å². The second kappa shape index (κ2) is 6.93. The Balaban J connectivity index is 0.000000171. The van der Waals surface area contributed by atoms with Gasteiger partial charge in [-0.2, -0.15) is 0 Å². The molecule has 2 heteroatoms. The molecule has 0 saturated heterocycles. The van der Waals surface area contributed by atoms with E-state index >= 15 is 0 Å². The molecule has 2 aliphatic rings. The van der Waals surface area contributed by atoms with Gasteiger partial charge in [-0.05, 0) is 24.2 Å². The molecule has 17 heavy (non-hydrogen) atoms. The second-order valence-electron chi connectivity index (χ2n) is 5.65. The lowest BCUT2D eigenvalue weighted by atomic mass is 9.96. The molecule has 0 bridgehead atoms. The fourth-order valence-electron chi connectivity index (χ4n) is 2.89. The number of Topliss-reactive ketones (excluding diaryl/α,β-unsaturated/α-hetero) is 2. The van der Waals surface area contributed by atoms with Crippen molar-refractivity contribution in [3.05, 3.63) is 0 Å². The summed E-state index contributed by atoms with van der Waals surface area (Å²) in [6.45, 7) is 6.50. The fourth-order valence-corrected chi connectivity index (χ4v) is 2.89. The van der Waals surface area contributed by atoms with Crippen molar-refractivity contribution in [3.63, 3.8) is 0 Å². The maximum atomic E-state index is 10.8. The molecule has 0 heterocycles. The van der Waals surface area contributed by atoms with Crippen molar-refractivity contribution < 1.29 is 9.59 Å². The van der Waals surface area contributed by atoms with Crippen molar-refractivity contribution in [1.82, 2.24) is 0 Å². The zero-order valence-electron chi connectivity index (χ0n) is 11.5. The van der Waals surface area contributed by atoms with Gasteiger partial charge in [0.05, 0.1) is 0 Å². The molecular formula is C15H26O2. The van der Waals surface area contributed by atoms with Crippen LogP contribution in [0.2, 0.25) is 0 Å². The molecule has 0 aromatic rings. The third-order valence-electron chi connectivity index (χ3n) is 4.29. The monoisotopic (exact) mass is 238 g/mol. The highest BCUT2D eigenvalue weighted by atomic mass is 16.1. The Labute approximate surface area is 105 Å². The van der Waals surface area contributed by atoms with E-state index in [1.165, 1.54) is 12.8 Å². The molecule has 2 rings (SSSR count). The molecule has 3 atom stereocenters. The molecule has 0 spiro atoms. The Hall–Kier alpha value is -0.660. The molecule has 2 nitrogen and oxygen atoms in total. The van der Waals surface area contributed by atoms with E-state index in [4.69, 9.17) is 0 Å². The fraction of sp³-hybridized carbons (Fsp3) is 0.867. The van der Waals surface area contributed by atoms with Crippen LogP contribution in [-0.2, 0) is 9.59 Å². The van der Waals surface area contributed by atoms with E-state index < -0.39 is 0 Å². The summed E-state index contributed by atoms with van der Waals surface area (Å²) in [5.74, 6) is 3.01. The molecular weight excluding hydrogens is 212 g/mol. The summed E-state index contributed by atoms with van der Waals surface area (Å²) in [7, 11) is 0. The molecule has 0 aromatic carbocycles. The Bertz CT molecular complexity index is 270. The van der Waals surface area contributed by atoms with E-state index in [9.17, 15) is 9.59 Å². The average Bonchev–Trinajstić information content (AvgIpc) is 2.85. The lowest BCUT2D eigenvalue weighted by molar-refractivity contribution is -0.118. The summed E-state index contributed by atoms with van der Waals surface area (Å²) in [5, 5.41) is 0. The molecule has 0 N–H and O–H groups in total. The standard InChI is InChI=1S/C8H14O.C7H12O/c1-3-7-5-8(9)4-6(7)2;1-2-6-3-4-7(8)5-6/h6-7H,3-5H2,1-2H3;6H,2-5H2,1H3/t6-,7-;6-/m10/s1. The summed E-state index contributed by atoms with van der Waals surface area (Å²) in [4.78, 5) is 21.4. The number of hydrogen-bond donors (Lipinski definition) is 0. The van der Waals surface area contributed by atoms with E-state index in [-0.39, 0.29) is 0 Å². The van der Waals surface area contributed by atoms with Crippen LogP contribution in [0, 0.1) is 17.8 Å². The minimum absolute atomic E-state index is 0.467. The molecule has 0 radical (unpaired) electrons. The first-order chi connectivity index (χ1) is 8.06. The first-order valence-corrected chi connectivity index (χ1v) is 7.10. The van der Waals surface area contributed by atoms with Gasteiger partial charge in [-0.15, -0.1) is 0 Å². The van der Waals surface area contributed by atoms with Gasteiger partial charge < -0.3 is 0 Å². The van der Waals surface area contributed by atoms with Gasteiger partial charge in [0.25, 0.3) is 0 Å². The second-order valence-corrected chi connectivity index (χ2v) is 5.65. The SMILES string of the molecule is CC[C@@H]1CC(=O)C[C@H]1C.CC[C@H]1CCC(=O)C1. The lowest BCUT2D eigenvalue weighted by Crippen LogP contribution is -2.00. The summed E-state index contributed by atoms with van der Waals surface area (Å²) >= 11 is 0. The van der Waals surface area contributed by atoms with E-state index in [2.05, 4.69) is 20.8 Å². The molecule has 2 saturated carbocycles. The topological polar surface area (TPSA) is 34.1 Å². The van der Waals surface area contributed by atoms with Crippen LogP contribution in [0.4, 0.5) is 0 Å². The summed E-state index contributed by atoms with van der Waals surface area (Å²) < 4.78 is 0. The average molecular weight is 238 g/mol. The van der Waals surface area contributed by atoms with Gasteiger partial charge in [0.15, 0.2) is 0 Å². The van der Waals surface area contributed by atoms with Crippen molar-refractivity contribution in [2.45, 2.75) is 65.7 Å². The molecule has 0 amide bonds. The predicted octanol–water partition coefficient (Wildman–Crippen LogP) is 3.78. The van der Waals surface area contributed by atoms with Crippen molar-refractivity contribution in [1.29, 1.82) is 0 Å². The quantitative estimate of drug-likeness (QED) is 0.733. The molecule has 0 aliphatic heterocycles. The first-order valence-electron chi connectivity index (χ1n) is 7.10. The minimum atomic E-state index is 0.467. The molecule has 98 valence electrons. The third-order valence-corrected chi connectivity index (χ3v) is 4.29. The van der Waals surface area contributed by atoms with Crippen LogP contribution in [0.25, 0.3) is 0 Å². The van der Waals surface area contributed by atoms with E-state index in [1.807, 2.05) is 0 Å². The van der Waals surface area contributed by atoms with Crippen molar-refractivity contribution in [2.24, 2.45) is 17.8 Å². The van der Waals surface area contributed by atoms with Crippen molar-refractivity contribution in [3.8, 4) is 0 Å². The maximum absolute atomic E-state index is 10.8. The molecule has 0 unspecified atom stereocenters. The van der Waals surface area contributed by atoms with E-state index in [0.717, 1.165) is 38.0 Å². The maximum Gasteiger partial charge on any atom is 0.133 e. The normalized spacial score (nSPS) is 32.5. The van der Waals surface area contributed by atoms with Gasteiger partial charge >= 0.3 is 0 Å². The van der Waals surface area contributed by atoms with Gasteiger partial charge in [-0.3, -0.25) is 9.59 Å². The largest absolute Gasteiger partial charge is 0.300 e. The highest BCUT2D eigenvalue weighted by Crippen LogP contribution is 2.30.